The molecule has 0 aliphatic rings. The van der Waals surface area contributed by atoms with Gasteiger partial charge in [0.2, 0.25) is 0 Å². The molecule has 3 aromatic heterocycles. The van der Waals surface area contributed by atoms with Crippen LogP contribution >= 0.6 is 11.6 Å². The lowest BCUT2D eigenvalue weighted by atomic mass is 10.1. The van der Waals surface area contributed by atoms with E-state index < -0.39 is 35.2 Å². The Morgan fingerprint density at radius 2 is 1.74 bits per heavy atom. The summed E-state index contributed by atoms with van der Waals surface area (Å²) in [5.41, 5.74) is -1.93. The number of amides is 1. The normalized spacial score (nSPS) is 12.4. The average Bonchev–Trinajstić information content (AvgIpc) is 3.25. The van der Waals surface area contributed by atoms with Crippen LogP contribution in [0.15, 0.2) is 36.4 Å². The Labute approximate surface area is 198 Å². The Hall–Kier alpha value is -3.61. The van der Waals surface area contributed by atoms with Crippen LogP contribution in [0.3, 0.4) is 0 Å². The first kappa shape index (κ1) is 24.5. The molecule has 0 bridgehead atoms. The van der Waals surface area contributed by atoms with E-state index in [4.69, 9.17) is 11.6 Å². The molecule has 0 aliphatic heterocycles. The molecule has 0 fully saturated rings. The van der Waals surface area contributed by atoms with Crippen LogP contribution in [0.5, 0.6) is 0 Å². The van der Waals surface area contributed by atoms with Crippen molar-refractivity contribution < 1.29 is 31.1 Å². The molecule has 0 atom stereocenters. The lowest BCUT2D eigenvalue weighted by Gasteiger charge is -2.09. The molecule has 3 heterocycles. The topological polar surface area (TPSA) is 77.1 Å². The summed E-state index contributed by atoms with van der Waals surface area (Å²) in [6.07, 6.45) is -9.27. The maximum absolute atomic E-state index is 13.4. The molecule has 35 heavy (non-hydrogen) atoms. The Morgan fingerprint density at radius 1 is 1.03 bits per heavy atom. The van der Waals surface area contributed by atoms with E-state index in [1.54, 1.807) is 6.92 Å². The first-order chi connectivity index (χ1) is 16.2. The van der Waals surface area contributed by atoms with Crippen LogP contribution in [0.2, 0.25) is 5.02 Å². The molecular formula is C21H15ClF6N6O. The number of nitrogens with zero attached hydrogens (tertiary/aromatic N) is 5. The molecule has 0 aliphatic carbocycles. The van der Waals surface area contributed by atoms with Crippen LogP contribution in [-0.2, 0) is 18.9 Å². The number of hydrogen-bond acceptors (Lipinski definition) is 4. The molecule has 0 radical (unpaired) electrons. The summed E-state index contributed by atoms with van der Waals surface area (Å²) in [4.78, 5) is 16.7. The van der Waals surface area contributed by atoms with Crippen molar-refractivity contribution in [2.24, 2.45) is 0 Å². The second-order valence-electron chi connectivity index (χ2n) is 7.66. The number of benzene rings is 1. The van der Waals surface area contributed by atoms with E-state index in [9.17, 15) is 31.1 Å². The van der Waals surface area contributed by atoms with Gasteiger partial charge in [-0.05, 0) is 37.6 Å². The predicted molar refractivity (Wildman–Crippen MR) is 113 cm³/mol. The van der Waals surface area contributed by atoms with E-state index in [0.29, 0.717) is 15.8 Å². The van der Waals surface area contributed by atoms with Crippen LogP contribution in [0, 0.1) is 13.8 Å². The molecule has 1 amide bonds. The first-order valence-electron chi connectivity index (χ1n) is 9.89. The van der Waals surface area contributed by atoms with Gasteiger partial charge in [0, 0.05) is 17.5 Å². The summed E-state index contributed by atoms with van der Waals surface area (Å²) in [6.45, 7) is 2.95. The number of fused-ring (bicyclic) bond motifs is 1. The van der Waals surface area contributed by atoms with Crippen LogP contribution in [0.4, 0.5) is 32.2 Å². The van der Waals surface area contributed by atoms with Crippen molar-refractivity contribution in [2.75, 3.05) is 5.32 Å². The number of carbonyl (C=O) groups is 1. The van der Waals surface area contributed by atoms with Crippen LogP contribution in [0.1, 0.15) is 38.7 Å². The Kier molecular flexibility index (Phi) is 5.99. The Morgan fingerprint density at radius 3 is 2.40 bits per heavy atom. The van der Waals surface area contributed by atoms with Gasteiger partial charge in [-0.1, -0.05) is 23.7 Å². The van der Waals surface area contributed by atoms with E-state index in [2.05, 4.69) is 20.5 Å². The van der Waals surface area contributed by atoms with Crippen molar-refractivity contribution in [1.29, 1.82) is 0 Å². The van der Waals surface area contributed by atoms with Crippen LogP contribution < -0.4 is 5.32 Å². The third kappa shape index (κ3) is 4.94. The number of rotatable bonds is 4. The zero-order valence-electron chi connectivity index (χ0n) is 18.0. The quantitative estimate of drug-likeness (QED) is 0.362. The zero-order valence-corrected chi connectivity index (χ0v) is 18.7. The minimum atomic E-state index is -4.77. The van der Waals surface area contributed by atoms with Gasteiger partial charge in [0.1, 0.15) is 10.7 Å². The van der Waals surface area contributed by atoms with E-state index in [0.717, 1.165) is 18.2 Å². The van der Waals surface area contributed by atoms with Crippen molar-refractivity contribution in [2.45, 2.75) is 32.7 Å². The van der Waals surface area contributed by atoms with Crippen LogP contribution in [0.25, 0.3) is 5.65 Å². The highest BCUT2D eigenvalue weighted by Gasteiger charge is 2.36. The van der Waals surface area contributed by atoms with Crippen molar-refractivity contribution in [3.8, 4) is 0 Å². The van der Waals surface area contributed by atoms with Crippen molar-refractivity contribution >= 4 is 29.0 Å². The van der Waals surface area contributed by atoms with Gasteiger partial charge in [-0.2, -0.15) is 36.5 Å². The number of halogens is 7. The number of carbonyl (C=O) groups excluding carboxylic acids is 1. The van der Waals surface area contributed by atoms with Gasteiger partial charge in [-0.3, -0.25) is 9.48 Å². The molecule has 0 unspecified atom stereocenters. The molecule has 0 spiro atoms. The van der Waals surface area contributed by atoms with Gasteiger partial charge in [0.25, 0.3) is 5.91 Å². The molecule has 0 saturated heterocycles. The third-order valence-corrected chi connectivity index (χ3v) is 5.32. The minimum absolute atomic E-state index is 0.00721. The number of hydrogen-bond donors (Lipinski definition) is 1. The highest BCUT2D eigenvalue weighted by atomic mass is 35.5. The molecule has 4 aromatic rings. The first-order valence-corrected chi connectivity index (χ1v) is 10.3. The standard InChI is InChI=1S/C21H15ClF6N6O/c1-10-6-14(21(26,27)28)34-18(29-10)16(22)17(32-34)19(35)30-15-7-11(2)33(31-15)9-12-4-3-5-13(8-12)20(23,24)25/h3-8H,9H2,1-2H3,(H,30,31,35). The monoisotopic (exact) mass is 516 g/mol. The fourth-order valence-electron chi connectivity index (χ4n) is 3.39. The highest BCUT2D eigenvalue weighted by molar-refractivity contribution is 6.37. The molecule has 1 aromatic carbocycles. The van der Waals surface area contributed by atoms with E-state index >= 15 is 0 Å². The number of aromatic nitrogens is 5. The molecule has 1 N–H and O–H groups in total. The summed E-state index contributed by atoms with van der Waals surface area (Å²) < 4.78 is 80.9. The van der Waals surface area contributed by atoms with Gasteiger partial charge in [-0.25, -0.2) is 9.50 Å². The number of anilines is 1. The van der Waals surface area contributed by atoms with Crippen LogP contribution in [-0.4, -0.2) is 30.3 Å². The predicted octanol–water partition coefficient (Wildman–Crippen LogP) is 5.53. The fraction of sp³-hybridized carbons (Fsp3) is 0.238. The minimum Gasteiger partial charge on any atom is -0.304 e. The number of alkyl halides is 6. The molecular weight excluding hydrogens is 502 g/mol. The lowest BCUT2D eigenvalue weighted by molar-refractivity contribution is -0.142. The maximum Gasteiger partial charge on any atom is 0.433 e. The molecule has 184 valence electrons. The van der Waals surface area contributed by atoms with Crippen molar-refractivity contribution in [3.05, 3.63) is 75.3 Å². The van der Waals surface area contributed by atoms with E-state index in [1.165, 1.54) is 29.8 Å². The van der Waals surface area contributed by atoms with Gasteiger partial charge in [0.05, 0.1) is 12.1 Å². The fourth-order valence-corrected chi connectivity index (χ4v) is 3.63. The Bertz CT molecular complexity index is 1440. The van der Waals surface area contributed by atoms with Gasteiger partial charge < -0.3 is 5.32 Å². The summed E-state index contributed by atoms with van der Waals surface area (Å²) in [5, 5.41) is 9.86. The smallest absolute Gasteiger partial charge is 0.304 e. The average molecular weight is 517 g/mol. The molecule has 0 saturated carbocycles. The molecule has 4 rings (SSSR count). The SMILES string of the molecule is Cc1cc(C(F)(F)F)n2nc(C(=O)Nc3cc(C)n(Cc4cccc(C(F)(F)F)c4)n3)c(Cl)c2n1. The molecule has 7 nitrogen and oxygen atoms in total. The highest BCUT2D eigenvalue weighted by Crippen LogP contribution is 2.33. The van der Waals surface area contributed by atoms with Gasteiger partial charge in [0.15, 0.2) is 17.2 Å². The lowest BCUT2D eigenvalue weighted by Crippen LogP contribution is -2.16. The number of aryl methyl sites for hydroxylation is 2. The van der Waals surface area contributed by atoms with Gasteiger partial charge >= 0.3 is 12.4 Å². The van der Waals surface area contributed by atoms with Crippen molar-refractivity contribution in [1.82, 2.24) is 24.4 Å². The molecule has 14 heteroatoms. The number of nitrogens with one attached hydrogen (secondary N) is 1. The van der Waals surface area contributed by atoms with Crippen molar-refractivity contribution in [3.63, 3.8) is 0 Å². The Balaban J connectivity index is 1.60. The second-order valence-corrected chi connectivity index (χ2v) is 8.04. The van der Waals surface area contributed by atoms with E-state index in [1.807, 2.05) is 0 Å². The zero-order chi connectivity index (χ0) is 25.7. The summed E-state index contributed by atoms with van der Waals surface area (Å²) in [7, 11) is 0. The summed E-state index contributed by atoms with van der Waals surface area (Å²) >= 11 is 6.12. The largest absolute Gasteiger partial charge is 0.433 e. The third-order valence-electron chi connectivity index (χ3n) is 4.98. The van der Waals surface area contributed by atoms with Gasteiger partial charge in [-0.15, -0.1) is 0 Å². The van der Waals surface area contributed by atoms with E-state index in [-0.39, 0.29) is 28.7 Å². The maximum atomic E-state index is 13.4. The second kappa shape index (κ2) is 8.56. The summed E-state index contributed by atoms with van der Waals surface area (Å²) in [5.74, 6) is -0.928. The summed E-state index contributed by atoms with van der Waals surface area (Å²) in [6, 6.07) is 6.93.